The maximum atomic E-state index is 4.22. The Kier molecular flexibility index (Phi) is 5.61. The van der Waals surface area contributed by atoms with E-state index in [1.807, 2.05) is 0 Å². The molecule has 0 radical (unpaired) electrons. The molecule has 0 spiro atoms. The first-order valence-electron chi connectivity index (χ1n) is 6.46. The van der Waals surface area contributed by atoms with E-state index < -0.39 is 4.01 Å². The zero-order chi connectivity index (χ0) is 11.4. The number of hydrogen-bond donors (Lipinski definition) is 0. The first kappa shape index (κ1) is 14.5. The standard InChI is InChI=1S/C12H25Br2P/c1-3-10-15(13,14,11-4-2)12-8-6-5-7-9-12/h12H,3-11H2,1-2H3. The quantitative estimate of drug-likeness (QED) is 0.504. The zero-order valence-electron chi connectivity index (χ0n) is 10.1. The van der Waals surface area contributed by atoms with Crippen LogP contribution >= 0.6 is 35.0 Å². The van der Waals surface area contributed by atoms with Crippen LogP contribution in [-0.4, -0.2) is 18.0 Å². The molecule has 0 N–H and O–H groups in total. The van der Waals surface area contributed by atoms with Gasteiger partial charge in [0.25, 0.3) is 0 Å². The van der Waals surface area contributed by atoms with Gasteiger partial charge in [0.2, 0.25) is 0 Å². The molecule has 1 rings (SSSR count). The molecule has 0 aromatic heterocycles. The van der Waals surface area contributed by atoms with Crippen LogP contribution in [0.3, 0.4) is 0 Å². The Morgan fingerprint density at radius 2 is 1.40 bits per heavy atom. The number of halogens is 2. The third kappa shape index (κ3) is 3.68. The maximum absolute atomic E-state index is 4.22. The SMILES string of the molecule is CCCP(Br)(Br)(CCC)C1CCCCC1. The first-order valence-corrected chi connectivity index (χ1v) is 13.2. The van der Waals surface area contributed by atoms with Gasteiger partial charge in [0, 0.05) is 0 Å². The predicted molar refractivity (Wildman–Crippen MR) is 82.0 cm³/mol. The molecule has 1 aliphatic rings. The van der Waals surface area contributed by atoms with Gasteiger partial charge in [-0.15, -0.1) is 0 Å². The molecule has 0 atom stereocenters. The molecular weight excluding hydrogens is 335 g/mol. The fraction of sp³-hybridized carbons (Fsp3) is 1.00. The average molecular weight is 360 g/mol. The summed E-state index contributed by atoms with van der Waals surface area (Å²) in [4.78, 5) is 0. The van der Waals surface area contributed by atoms with E-state index in [1.165, 1.54) is 57.3 Å². The summed E-state index contributed by atoms with van der Waals surface area (Å²) >= 11 is 8.44. The van der Waals surface area contributed by atoms with Crippen LogP contribution in [0, 0.1) is 0 Å². The van der Waals surface area contributed by atoms with Gasteiger partial charge in [-0.1, -0.05) is 0 Å². The van der Waals surface area contributed by atoms with Crippen molar-refractivity contribution in [1.29, 1.82) is 0 Å². The third-order valence-electron chi connectivity index (χ3n) is 3.73. The van der Waals surface area contributed by atoms with E-state index in [-0.39, 0.29) is 0 Å². The number of hydrogen-bond acceptors (Lipinski definition) is 0. The molecule has 0 aromatic carbocycles. The van der Waals surface area contributed by atoms with Gasteiger partial charge >= 0.3 is 112 Å². The van der Waals surface area contributed by atoms with Gasteiger partial charge in [-0.25, -0.2) is 0 Å². The van der Waals surface area contributed by atoms with E-state index in [0.717, 1.165) is 5.66 Å². The predicted octanol–water partition coefficient (Wildman–Crippen LogP) is 6.31. The van der Waals surface area contributed by atoms with Crippen LogP contribution in [0.15, 0.2) is 0 Å². The minimum absolute atomic E-state index is 0.949. The fourth-order valence-corrected chi connectivity index (χ4v) is 14.0. The van der Waals surface area contributed by atoms with E-state index in [4.69, 9.17) is 0 Å². The second-order valence-corrected chi connectivity index (χ2v) is 22.8. The van der Waals surface area contributed by atoms with Crippen LogP contribution in [0.4, 0.5) is 0 Å². The van der Waals surface area contributed by atoms with E-state index in [2.05, 4.69) is 44.8 Å². The van der Waals surface area contributed by atoms with Crippen molar-refractivity contribution in [2.75, 3.05) is 12.3 Å². The van der Waals surface area contributed by atoms with Crippen molar-refractivity contribution >= 4 is 35.0 Å². The summed E-state index contributed by atoms with van der Waals surface area (Å²) in [5.74, 6) is 0. The van der Waals surface area contributed by atoms with Crippen LogP contribution in [0.2, 0.25) is 0 Å². The van der Waals surface area contributed by atoms with Gasteiger partial charge in [-0.2, -0.15) is 0 Å². The fourth-order valence-electron chi connectivity index (χ4n) is 3.03. The summed E-state index contributed by atoms with van der Waals surface area (Å²) in [6.07, 6.45) is 12.6. The van der Waals surface area contributed by atoms with Gasteiger partial charge in [-0.05, 0) is 0 Å². The van der Waals surface area contributed by atoms with Crippen LogP contribution in [0.1, 0.15) is 58.8 Å². The van der Waals surface area contributed by atoms with Crippen molar-refractivity contribution in [3.05, 3.63) is 0 Å². The van der Waals surface area contributed by atoms with E-state index in [0.29, 0.717) is 0 Å². The van der Waals surface area contributed by atoms with Crippen molar-refractivity contribution < 1.29 is 0 Å². The Labute approximate surface area is 111 Å². The van der Waals surface area contributed by atoms with Crippen LogP contribution in [-0.2, 0) is 0 Å². The van der Waals surface area contributed by atoms with Gasteiger partial charge in [0.1, 0.15) is 0 Å². The van der Waals surface area contributed by atoms with Crippen molar-refractivity contribution in [2.45, 2.75) is 64.5 Å². The van der Waals surface area contributed by atoms with Crippen LogP contribution in [0.25, 0.3) is 0 Å². The second-order valence-electron chi connectivity index (χ2n) is 5.06. The molecule has 0 amide bonds. The van der Waals surface area contributed by atoms with Crippen molar-refractivity contribution in [3.8, 4) is 0 Å². The van der Waals surface area contributed by atoms with Gasteiger partial charge in [0.05, 0.1) is 0 Å². The Hall–Kier alpha value is 1.39. The summed E-state index contributed by atoms with van der Waals surface area (Å²) in [6.45, 7) is 4.64. The van der Waals surface area contributed by atoms with E-state index >= 15 is 0 Å². The summed E-state index contributed by atoms with van der Waals surface area (Å²) in [7, 11) is 0. The molecule has 0 aliphatic heterocycles. The normalized spacial score (nSPS) is 22.3. The van der Waals surface area contributed by atoms with Crippen LogP contribution < -0.4 is 0 Å². The van der Waals surface area contributed by atoms with E-state index in [1.54, 1.807) is 0 Å². The molecule has 0 unspecified atom stereocenters. The topological polar surface area (TPSA) is 0 Å². The monoisotopic (exact) mass is 358 g/mol. The Morgan fingerprint density at radius 1 is 0.933 bits per heavy atom. The van der Waals surface area contributed by atoms with Crippen molar-refractivity contribution in [3.63, 3.8) is 0 Å². The first-order chi connectivity index (χ1) is 7.02. The zero-order valence-corrected chi connectivity index (χ0v) is 14.2. The second kappa shape index (κ2) is 5.83. The molecule has 3 heteroatoms. The van der Waals surface area contributed by atoms with Gasteiger partial charge in [0.15, 0.2) is 0 Å². The summed E-state index contributed by atoms with van der Waals surface area (Å²) < 4.78 is -1.70. The summed E-state index contributed by atoms with van der Waals surface area (Å²) in [6, 6.07) is 0. The molecule has 1 saturated carbocycles. The minimum atomic E-state index is -1.70. The molecule has 0 saturated heterocycles. The summed E-state index contributed by atoms with van der Waals surface area (Å²) in [5, 5.41) is 0. The Bertz CT molecular complexity index is 188. The number of rotatable bonds is 5. The third-order valence-corrected chi connectivity index (χ3v) is 16.3. The molecule has 0 bridgehead atoms. The average Bonchev–Trinajstić information content (AvgIpc) is 2.19. The molecule has 0 aromatic rings. The molecule has 0 nitrogen and oxygen atoms in total. The van der Waals surface area contributed by atoms with E-state index in [9.17, 15) is 0 Å². The van der Waals surface area contributed by atoms with Crippen LogP contribution in [0.5, 0.6) is 0 Å². The van der Waals surface area contributed by atoms with Gasteiger partial charge in [-0.3, -0.25) is 0 Å². The van der Waals surface area contributed by atoms with Gasteiger partial charge < -0.3 is 0 Å². The molecular formula is C12H25Br2P. The molecule has 0 heterocycles. The molecule has 92 valence electrons. The molecule has 1 fully saturated rings. The van der Waals surface area contributed by atoms with Crippen molar-refractivity contribution in [2.24, 2.45) is 0 Å². The Balaban J connectivity index is 2.77. The summed E-state index contributed by atoms with van der Waals surface area (Å²) in [5.41, 5.74) is 0.949. The van der Waals surface area contributed by atoms with Crippen molar-refractivity contribution in [1.82, 2.24) is 0 Å². The molecule has 15 heavy (non-hydrogen) atoms. The molecule has 1 aliphatic carbocycles. The Morgan fingerprint density at radius 3 is 1.80 bits per heavy atom.